The molecule has 0 unspecified atom stereocenters. The molecule has 0 saturated carbocycles. The fourth-order valence-corrected chi connectivity index (χ4v) is 1.31. The van der Waals surface area contributed by atoms with Crippen LogP contribution in [-0.4, -0.2) is 27.4 Å². The Labute approximate surface area is 110 Å². The van der Waals surface area contributed by atoms with Gasteiger partial charge in [0.2, 0.25) is 0 Å². The van der Waals surface area contributed by atoms with Crippen LogP contribution in [-0.2, 0) is 0 Å². The molecule has 94 valence electrons. The van der Waals surface area contributed by atoms with Crippen LogP contribution in [0.2, 0.25) is 0 Å². The average Bonchev–Trinajstić information content (AvgIpc) is 2.46. The topological polar surface area (TPSA) is 93.8 Å². The third-order valence-electron chi connectivity index (χ3n) is 2.15. The summed E-state index contributed by atoms with van der Waals surface area (Å²) in [5.41, 5.74) is 6.79. The van der Waals surface area contributed by atoms with Crippen LogP contribution in [0, 0.1) is 11.8 Å². The molecule has 0 aliphatic carbocycles. The third-order valence-corrected chi connectivity index (χ3v) is 2.15. The van der Waals surface area contributed by atoms with E-state index in [1.54, 1.807) is 12.1 Å². The first-order chi connectivity index (χ1) is 9.29. The van der Waals surface area contributed by atoms with Gasteiger partial charge in [-0.15, -0.1) is 0 Å². The van der Waals surface area contributed by atoms with Crippen LogP contribution in [0.3, 0.4) is 0 Å². The van der Waals surface area contributed by atoms with Crippen LogP contribution in [0.5, 0.6) is 0 Å². The average molecular weight is 253 g/mol. The lowest BCUT2D eigenvalue weighted by Crippen LogP contribution is -2.13. The monoisotopic (exact) mass is 253 g/mol. The number of nitrogens with zero attached hydrogens (tertiary/aromatic N) is 3. The first kappa shape index (κ1) is 12.7. The van der Waals surface area contributed by atoms with E-state index in [1.165, 1.54) is 24.9 Å². The van der Waals surface area contributed by atoms with E-state index in [0.29, 0.717) is 16.9 Å². The van der Waals surface area contributed by atoms with Gasteiger partial charge in [0.1, 0.15) is 12.0 Å². The van der Waals surface area contributed by atoms with Gasteiger partial charge in [-0.05, 0) is 12.1 Å². The highest BCUT2D eigenvalue weighted by Gasteiger charge is 2.07. The van der Waals surface area contributed by atoms with Crippen LogP contribution in [0.4, 0.5) is 5.69 Å². The van der Waals surface area contributed by atoms with Crippen molar-refractivity contribution >= 4 is 11.6 Å². The van der Waals surface area contributed by atoms with E-state index in [1.807, 2.05) is 0 Å². The van der Waals surface area contributed by atoms with E-state index >= 15 is 0 Å². The Bertz CT molecular complexity index is 613. The van der Waals surface area contributed by atoms with Gasteiger partial charge in [0.05, 0.1) is 24.6 Å². The summed E-state index contributed by atoms with van der Waals surface area (Å²) in [6, 6.07) is 3.31. The zero-order valence-corrected chi connectivity index (χ0v) is 10.00. The number of pyridine rings is 1. The van der Waals surface area contributed by atoms with Crippen LogP contribution >= 0.6 is 0 Å². The van der Waals surface area contributed by atoms with Gasteiger partial charge in [-0.25, -0.2) is 15.0 Å². The summed E-state index contributed by atoms with van der Waals surface area (Å²) in [5, 5.41) is 2.64. The molecule has 0 aromatic carbocycles. The zero-order valence-electron chi connectivity index (χ0n) is 10.00. The van der Waals surface area contributed by atoms with Crippen LogP contribution in [0.15, 0.2) is 37.1 Å². The molecule has 0 bridgehead atoms. The first-order valence-electron chi connectivity index (χ1n) is 5.51. The van der Waals surface area contributed by atoms with Crippen molar-refractivity contribution in [3.63, 3.8) is 0 Å². The quantitative estimate of drug-likeness (QED) is 0.757. The summed E-state index contributed by atoms with van der Waals surface area (Å²) >= 11 is 0. The predicted molar refractivity (Wildman–Crippen MR) is 70.2 cm³/mol. The minimum Gasteiger partial charge on any atom is -0.320 e. The maximum atomic E-state index is 11.9. The van der Waals surface area contributed by atoms with E-state index in [-0.39, 0.29) is 12.5 Å². The number of carbonyl (C=O) groups excluding carboxylic acids is 1. The number of carbonyl (C=O) groups is 1. The molecule has 0 fully saturated rings. The Hall–Kier alpha value is -2.78. The van der Waals surface area contributed by atoms with Crippen molar-refractivity contribution in [1.82, 2.24) is 15.0 Å². The Kier molecular flexibility index (Phi) is 4.16. The second kappa shape index (κ2) is 6.23. The number of rotatable bonds is 2. The number of hydrogen-bond donors (Lipinski definition) is 2. The van der Waals surface area contributed by atoms with Crippen LogP contribution in [0.25, 0.3) is 0 Å². The number of hydrogen-bond acceptors (Lipinski definition) is 5. The number of nitrogens with two attached hydrogens (primary N) is 1. The van der Waals surface area contributed by atoms with Gasteiger partial charge in [-0.2, -0.15) is 0 Å². The normalized spacial score (nSPS) is 9.32. The van der Waals surface area contributed by atoms with Gasteiger partial charge in [0.25, 0.3) is 5.91 Å². The Balaban J connectivity index is 2.08. The molecule has 2 heterocycles. The van der Waals surface area contributed by atoms with Gasteiger partial charge in [0, 0.05) is 11.8 Å². The lowest BCUT2D eigenvalue weighted by atomic mass is 10.2. The fraction of sp³-hybridized carbons (Fsp3) is 0.0769. The zero-order chi connectivity index (χ0) is 13.5. The summed E-state index contributed by atoms with van der Waals surface area (Å²) in [6.45, 7) is 0.288. The fourth-order valence-electron chi connectivity index (χ4n) is 1.31. The summed E-state index contributed by atoms with van der Waals surface area (Å²) < 4.78 is 0. The highest BCUT2D eigenvalue weighted by Crippen LogP contribution is 2.05. The second-order valence-electron chi connectivity index (χ2n) is 3.52. The number of aromatic nitrogens is 3. The number of anilines is 1. The maximum absolute atomic E-state index is 11.9. The van der Waals surface area contributed by atoms with Crippen molar-refractivity contribution in [2.75, 3.05) is 11.9 Å². The smallest absolute Gasteiger partial charge is 0.274 e. The van der Waals surface area contributed by atoms with Crippen molar-refractivity contribution in [1.29, 1.82) is 0 Å². The SMILES string of the molecule is NCC#Cc1ccc(C(=O)Nc2cncnc2)nc1. The minimum absolute atomic E-state index is 0.288. The van der Waals surface area contributed by atoms with E-state index in [9.17, 15) is 4.79 Å². The van der Waals surface area contributed by atoms with Gasteiger partial charge in [-0.3, -0.25) is 4.79 Å². The Morgan fingerprint density at radius 3 is 2.68 bits per heavy atom. The molecular weight excluding hydrogens is 242 g/mol. The van der Waals surface area contributed by atoms with Gasteiger partial charge in [-0.1, -0.05) is 11.8 Å². The summed E-state index contributed by atoms with van der Waals surface area (Å²) in [6.07, 6.45) is 5.93. The summed E-state index contributed by atoms with van der Waals surface area (Å²) in [4.78, 5) is 23.5. The summed E-state index contributed by atoms with van der Waals surface area (Å²) in [5.74, 6) is 5.22. The third kappa shape index (κ3) is 3.59. The molecule has 0 saturated heterocycles. The number of nitrogens with one attached hydrogen (secondary N) is 1. The highest BCUT2D eigenvalue weighted by molar-refractivity contribution is 6.02. The molecule has 6 heteroatoms. The Morgan fingerprint density at radius 1 is 1.26 bits per heavy atom. The summed E-state index contributed by atoms with van der Waals surface area (Å²) in [7, 11) is 0. The van der Waals surface area contributed by atoms with E-state index in [4.69, 9.17) is 5.73 Å². The predicted octanol–water partition coefficient (Wildman–Crippen LogP) is 0.434. The van der Waals surface area contributed by atoms with Crippen molar-refractivity contribution in [2.45, 2.75) is 0 Å². The molecule has 2 aromatic rings. The van der Waals surface area contributed by atoms with Crippen molar-refractivity contribution in [3.8, 4) is 11.8 Å². The number of amides is 1. The molecule has 1 amide bonds. The van der Waals surface area contributed by atoms with Gasteiger partial charge >= 0.3 is 0 Å². The lowest BCUT2D eigenvalue weighted by molar-refractivity contribution is 0.102. The molecule has 0 atom stereocenters. The molecule has 0 aliphatic heterocycles. The standard InChI is InChI=1S/C13H11N5O/c14-5-1-2-10-3-4-12(17-6-10)13(19)18-11-7-15-9-16-8-11/h3-4,6-9H,5,14H2,(H,18,19). The molecule has 2 rings (SSSR count). The largest absolute Gasteiger partial charge is 0.320 e. The Morgan fingerprint density at radius 2 is 2.05 bits per heavy atom. The molecule has 19 heavy (non-hydrogen) atoms. The van der Waals surface area contributed by atoms with Crippen molar-refractivity contribution < 1.29 is 4.79 Å². The molecule has 0 spiro atoms. The first-order valence-corrected chi connectivity index (χ1v) is 5.51. The van der Waals surface area contributed by atoms with Gasteiger partial charge in [0.15, 0.2) is 0 Å². The van der Waals surface area contributed by atoms with Crippen molar-refractivity contribution in [3.05, 3.63) is 48.3 Å². The van der Waals surface area contributed by atoms with E-state index in [0.717, 1.165) is 0 Å². The molecular formula is C13H11N5O. The minimum atomic E-state index is -0.326. The van der Waals surface area contributed by atoms with E-state index in [2.05, 4.69) is 32.1 Å². The lowest BCUT2D eigenvalue weighted by Gasteiger charge is -2.03. The van der Waals surface area contributed by atoms with Crippen molar-refractivity contribution in [2.24, 2.45) is 5.73 Å². The van der Waals surface area contributed by atoms with E-state index < -0.39 is 0 Å². The molecule has 0 aliphatic rings. The maximum Gasteiger partial charge on any atom is 0.274 e. The van der Waals surface area contributed by atoms with Gasteiger partial charge < -0.3 is 11.1 Å². The van der Waals surface area contributed by atoms with Crippen LogP contribution in [0.1, 0.15) is 16.1 Å². The van der Waals surface area contributed by atoms with Crippen LogP contribution < -0.4 is 11.1 Å². The molecule has 2 aromatic heterocycles. The molecule has 6 nitrogen and oxygen atoms in total. The molecule has 0 radical (unpaired) electrons. The highest BCUT2D eigenvalue weighted by atomic mass is 16.1. The molecule has 3 N–H and O–H groups in total. The second-order valence-corrected chi connectivity index (χ2v) is 3.52.